The summed E-state index contributed by atoms with van der Waals surface area (Å²) < 4.78 is 1.23. The summed E-state index contributed by atoms with van der Waals surface area (Å²) in [7, 11) is 4.28. The summed E-state index contributed by atoms with van der Waals surface area (Å²) in [6, 6.07) is 8.53. The van der Waals surface area contributed by atoms with Gasteiger partial charge in [-0.15, -0.1) is 0 Å². The quantitative estimate of drug-likeness (QED) is 0.821. The lowest BCUT2D eigenvalue weighted by Crippen LogP contribution is -2.47. The van der Waals surface area contributed by atoms with Gasteiger partial charge in [0.1, 0.15) is 0 Å². The van der Waals surface area contributed by atoms with E-state index in [1.165, 1.54) is 42.8 Å². The van der Waals surface area contributed by atoms with Crippen LogP contribution >= 0.6 is 15.9 Å². The van der Waals surface area contributed by atoms with Crippen LogP contribution in [-0.2, 0) is 6.54 Å². The van der Waals surface area contributed by atoms with Crippen LogP contribution in [0, 0.1) is 0 Å². The van der Waals surface area contributed by atoms with Crippen LogP contribution < -0.4 is 0 Å². The van der Waals surface area contributed by atoms with Gasteiger partial charge in [-0.05, 0) is 25.7 Å². The topological polar surface area (TPSA) is 9.72 Å². The van der Waals surface area contributed by atoms with E-state index in [9.17, 15) is 0 Å². The molecule has 0 aromatic heterocycles. The van der Waals surface area contributed by atoms with Crippen molar-refractivity contribution >= 4 is 15.9 Å². The maximum absolute atomic E-state index is 3.63. The zero-order valence-corrected chi connectivity index (χ0v) is 13.6. The molecule has 106 valence electrons. The summed E-state index contributed by atoms with van der Waals surface area (Å²) in [4.78, 5) is 7.37. The zero-order chi connectivity index (χ0) is 13.7. The van der Waals surface area contributed by atoms with E-state index in [-0.39, 0.29) is 0 Å². The minimum absolute atomic E-state index is 1.06. The summed E-state index contributed by atoms with van der Waals surface area (Å²) in [6.45, 7) is 8.14. The number of hydrogen-bond acceptors (Lipinski definition) is 3. The van der Waals surface area contributed by atoms with E-state index in [0.29, 0.717) is 0 Å². The fourth-order valence-electron chi connectivity index (χ4n) is 2.38. The predicted octanol–water partition coefficient (Wildman–Crippen LogP) is 2.13. The molecule has 0 saturated carbocycles. The normalized spacial score (nSPS) is 18.1. The third kappa shape index (κ3) is 4.88. The molecule has 1 saturated heterocycles. The molecular weight excluding hydrogens is 302 g/mol. The van der Waals surface area contributed by atoms with Gasteiger partial charge in [0, 0.05) is 50.3 Å². The molecule has 1 fully saturated rings. The highest BCUT2D eigenvalue weighted by Gasteiger charge is 2.17. The average molecular weight is 326 g/mol. The molecule has 0 amide bonds. The van der Waals surface area contributed by atoms with Gasteiger partial charge in [-0.2, -0.15) is 0 Å². The van der Waals surface area contributed by atoms with Gasteiger partial charge < -0.3 is 4.90 Å². The molecule has 0 spiro atoms. The fraction of sp³-hybridized carbons (Fsp3) is 0.600. The van der Waals surface area contributed by atoms with Crippen LogP contribution in [0.3, 0.4) is 0 Å². The highest BCUT2D eigenvalue weighted by Crippen LogP contribution is 2.18. The number of hydrogen-bond donors (Lipinski definition) is 0. The molecule has 0 radical (unpaired) electrons. The molecule has 1 aliphatic heterocycles. The van der Waals surface area contributed by atoms with Crippen molar-refractivity contribution in [3.63, 3.8) is 0 Å². The van der Waals surface area contributed by atoms with Gasteiger partial charge in [0.15, 0.2) is 0 Å². The minimum Gasteiger partial charge on any atom is -0.308 e. The van der Waals surface area contributed by atoms with Gasteiger partial charge in [-0.3, -0.25) is 9.80 Å². The summed E-state index contributed by atoms with van der Waals surface area (Å²) in [5.41, 5.74) is 1.39. The van der Waals surface area contributed by atoms with E-state index in [4.69, 9.17) is 0 Å². The minimum atomic E-state index is 1.06. The number of halogens is 1. The van der Waals surface area contributed by atoms with Gasteiger partial charge in [0.05, 0.1) is 0 Å². The molecule has 0 atom stereocenters. The van der Waals surface area contributed by atoms with Crippen molar-refractivity contribution in [2.45, 2.75) is 6.54 Å². The molecule has 0 bridgehead atoms. The van der Waals surface area contributed by atoms with E-state index >= 15 is 0 Å². The lowest BCUT2D eigenvalue weighted by Gasteiger charge is -2.35. The summed E-state index contributed by atoms with van der Waals surface area (Å²) >= 11 is 3.63. The molecule has 1 heterocycles. The Balaban J connectivity index is 1.76. The molecule has 1 aromatic carbocycles. The van der Waals surface area contributed by atoms with Crippen LogP contribution in [0.15, 0.2) is 28.7 Å². The SMILES string of the molecule is CN(C)CCN1CCN(Cc2ccccc2Br)CC1. The summed E-state index contributed by atoms with van der Waals surface area (Å²) in [5, 5.41) is 0. The standard InChI is InChI=1S/C15H24BrN3/c1-17(2)7-8-18-9-11-19(12-10-18)13-14-5-3-4-6-15(14)16/h3-6H,7-13H2,1-2H3. The second-order valence-electron chi connectivity index (χ2n) is 5.51. The van der Waals surface area contributed by atoms with E-state index < -0.39 is 0 Å². The first kappa shape index (κ1) is 15.0. The highest BCUT2D eigenvalue weighted by atomic mass is 79.9. The first-order valence-corrected chi connectivity index (χ1v) is 7.77. The summed E-state index contributed by atoms with van der Waals surface area (Å²) in [5.74, 6) is 0. The van der Waals surface area contributed by atoms with Crippen molar-refractivity contribution in [2.75, 3.05) is 53.4 Å². The maximum atomic E-state index is 3.63. The van der Waals surface area contributed by atoms with Gasteiger partial charge in [0.25, 0.3) is 0 Å². The number of nitrogens with zero attached hydrogens (tertiary/aromatic N) is 3. The Hall–Kier alpha value is -0.420. The fourth-order valence-corrected chi connectivity index (χ4v) is 2.79. The average Bonchev–Trinajstić information content (AvgIpc) is 2.40. The summed E-state index contributed by atoms with van der Waals surface area (Å²) in [6.07, 6.45) is 0. The van der Waals surface area contributed by atoms with Crippen LogP contribution in [0.2, 0.25) is 0 Å². The van der Waals surface area contributed by atoms with Gasteiger partial charge in [0.2, 0.25) is 0 Å². The van der Waals surface area contributed by atoms with Crippen LogP contribution in [0.5, 0.6) is 0 Å². The Bertz CT molecular complexity index is 387. The Kier molecular flexibility index (Phi) is 5.82. The second-order valence-corrected chi connectivity index (χ2v) is 6.37. The zero-order valence-electron chi connectivity index (χ0n) is 12.0. The maximum Gasteiger partial charge on any atom is 0.0246 e. The van der Waals surface area contributed by atoms with Crippen molar-refractivity contribution in [3.05, 3.63) is 34.3 Å². The molecule has 0 N–H and O–H groups in total. The van der Waals surface area contributed by atoms with Crippen LogP contribution in [0.1, 0.15) is 5.56 Å². The molecule has 4 heteroatoms. The molecule has 1 aliphatic rings. The Morgan fingerprint density at radius 3 is 2.32 bits per heavy atom. The lowest BCUT2D eigenvalue weighted by molar-refractivity contribution is 0.120. The van der Waals surface area contributed by atoms with Crippen molar-refractivity contribution in [1.29, 1.82) is 0 Å². The largest absolute Gasteiger partial charge is 0.308 e. The van der Waals surface area contributed by atoms with E-state index in [2.05, 4.69) is 69.0 Å². The number of rotatable bonds is 5. The third-order valence-corrected chi connectivity index (χ3v) is 4.45. The van der Waals surface area contributed by atoms with Crippen LogP contribution in [0.4, 0.5) is 0 Å². The van der Waals surface area contributed by atoms with Crippen molar-refractivity contribution in [3.8, 4) is 0 Å². The van der Waals surface area contributed by atoms with Crippen molar-refractivity contribution < 1.29 is 0 Å². The monoisotopic (exact) mass is 325 g/mol. The van der Waals surface area contributed by atoms with Crippen LogP contribution in [-0.4, -0.2) is 68.1 Å². The van der Waals surface area contributed by atoms with E-state index in [1.807, 2.05) is 0 Å². The number of piperazine rings is 1. The molecule has 2 rings (SSSR count). The van der Waals surface area contributed by atoms with Gasteiger partial charge in [-0.25, -0.2) is 0 Å². The molecule has 19 heavy (non-hydrogen) atoms. The van der Waals surface area contributed by atoms with Crippen LogP contribution in [0.25, 0.3) is 0 Å². The number of benzene rings is 1. The Morgan fingerprint density at radius 2 is 1.68 bits per heavy atom. The van der Waals surface area contributed by atoms with E-state index in [1.54, 1.807) is 0 Å². The van der Waals surface area contributed by atoms with E-state index in [0.717, 1.165) is 13.1 Å². The first-order valence-electron chi connectivity index (χ1n) is 6.98. The third-order valence-electron chi connectivity index (χ3n) is 3.68. The lowest BCUT2D eigenvalue weighted by atomic mass is 10.2. The second kappa shape index (κ2) is 7.39. The first-order chi connectivity index (χ1) is 9.15. The Morgan fingerprint density at radius 1 is 1.05 bits per heavy atom. The molecule has 1 aromatic rings. The predicted molar refractivity (Wildman–Crippen MR) is 84.4 cm³/mol. The van der Waals surface area contributed by atoms with Crippen molar-refractivity contribution in [2.24, 2.45) is 0 Å². The highest BCUT2D eigenvalue weighted by molar-refractivity contribution is 9.10. The smallest absolute Gasteiger partial charge is 0.0246 e. The Labute approximate surface area is 125 Å². The molecule has 0 aliphatic carbocycles. The molecular formula is C15H24BrN3. The molecule has 3 nitrogen and oxygen atoms in total. The van der Waals surface area contributed by atoms with Gasteiger partial charge in [-0.1, -0.05) is 34.1 Å². The number of likely N-dealkylation sites (N-methyl/N-ethyl adjacent to an activating group) is 1. The van der Waals surface area contributed by atoms with Gasteiger partial charge >= 0.3 is 0 Å². The molecule has 0 unspecified atom stereocenters. The van der Waals surface area contributed by atoms with Crippen molar-refractivity contribution in [1.82, 2.24) is 14.7 Å².